The molecule has 1 saturated heterocycles. The second kappa shape index (κ2) is 3.06. The van der Waals surface area contributed by atoms with Crippen molar-refractivity contribution in [3.05, 3.63) is 18.0 Å². The van der Waals surface area contributed by atoms with E-state index in [1.54, 1.807) is 6.20 Å². The largest absolute Gasteiger partial charge is 0.368 e. The zero-order chi connectivity index (χ0) is 8.39. The van der Waals surface area contributed by atoms with Gasteiger partial charge in [-0.1, -0.05) is 0 Å². The van der Waals surface area contributed by atoms with Crippen molar-refractivity contribution in [1.29, 1.82) is 0 Å². The summed E-state index contributed by atoms with van der Waals surface area (Å²) in [6.45, 7) is 1.08. The minimum Gasteiger partial charge on any atom is -0.368 e. The van der Waals surface area contributed by atoms with E-state index < -0.39 is 0 Å². The van der Waals surface area contributed by atoms with Crippen molar-refractivity contribution in [3.63, 3.8) is 0 Å². The highest BCUT2D eigenvalue weighted by molar-refractivity contribution is 5.19. The van der Waals surface area contributed by atoms with Crippen LogP contribution < -0.4 is 11.1 Å². The first-order valence-corrected chi connectivity index (χ1v) is 4.18. The molecule has 1 aromatic rings. The summed E-state index contributed by atoms with van der Waals surface area (Å²) in [6, 6.07) is 2.30. The number of anilines is 1. The molecule has 64 valence electrons. The summed E-state index contributed by atoms with van der Waals surface area (Å²) < 4.78 is 0. The van der Waals surface area contributed by atoms with Crippen molar-refractivity contribution >= 4 is 5.95 Å². The van der Waals surface area contributed by atoms with Crippen LogP contribution in [0.3, 0.4) is 0 Å². The number of rotatable bonds is 1. The summed E-state index contributed by atoms with van der Waals surface area (Å²) in [4.78, 5) is 8.01. The minimum absolute atomic E-state index is 0.362. The molecule has 1 aromatic heterocycles. The summed E-state index contributed by atoms with van der Waals surface area (Å²) in [5.41, 5.74) is 6.49. The molecule has 4 heteroatoms. The van der Waals surface area contributed by atoms with Gasteiger partial charge in [-0.05, 0) is 25.5 Å². The Bertz CT molecular complexity index is 268. The average Bonchev–Trinajstić information content (AvgIpc) is 2.56. The van der Waals surface area contributed by atoms with Crippen molar-refractivity contribution < 1.29 is 0 Å². The van der Waals surface area contributed by atoms with Gasteiger partial charge in [0.2, 0.25) is 5.95 Å². The predicted octanol–water partition coefficient (Wildman–Crippen LogP) is 0.483. The van der Waals surface area contributed by atoms with Crippen LogP contribution in [-0.2, 0) is 0 Å². The van der Waals surface area contributed by atoms with Crippen LogP contribution in [-0.4, -0.2) is 16.5 Å². The molecule has 0 radical (unpaired) electrons. The van der Waals surface area contributed by atoms with E-state index in [1.165, 1.54) is 6.42 Å². The molecule has 2 heterocycles. The van der Waals surface area contributed by atoms with Crippen molar-refractivity contribution in [1.82, 2.24) is 15.3 Å². The summed E-state index contributed by atoms with van der Waals surface area (Å²) in [5, 5.41) is 3.35. The van der Waals surface area contributed by atoms with Gasteiger partial charge in [0.25, 0.3) is 0 Å². The maximum absolute atomic E-state index is 5.48. The number of hydrogen-bond acceptors (Lipinski definition) is 4. The van der Waals surface area contributed by atoms with Crippen LogP contribution in [0.5, 0.6) is 0 Å². The molecular formula is C8H12N4. The summed E-state index contributed by atoms with van der Waals surface area (Å²) >= 11 is 0. The van der Waals surface area contributed by atoms with Gasteiger partial charge in [-0.15, -0.1) is 0 Å². The molecular weight excluding hydrogens is 152 g/mol. The maximum Gasteiger partial charge on any atom is 0.220 e. The Kier molecular flexibility index (Phi) is 1.91. The van der Waals surface area contributed by atoms with Crippen LogP contribution in [0, 0.1) is 0 Å². The Morgan fingerprint density at radius 1 is 1.58 bits per heavy atom. The number of nitrogen functional groups attached to an aromatic ring is 1. The molecule has 0 saturated carbocycles. The van der Waals surface area contributed by atoms with Gasteiger partial charge < -0.3 is 11.1 Å². The molecule has 1 unspecified atom stereocenters. The van der Waals surface area contributed by atoms with E-state index in [0.717, 1.165) is 18.7 Å². The van der Waals surface area contributed by atoms with Crippen LogP contribution in [0.4, 0.5) is 5.95 Å². The molecule has 0 aromatic carbocycles. The molecule has 2 rings (SSSR count). The zero-order valence-electron chi connectivity index (χ0n) is 6.83. The number of nitrogens with two attached hydrogens (primary N) is 1. The molecule has 4 nitrogen and oxygen atoms in total. The first-order valence-electron chi connectivity index (χ1n) is 4.18. The van der Waals surface area contributed by atoms with E-state index in [-0.39, 0.29) is 0 Å². The first-order chi connectivity index (χ1) is 5.86. The monoisotopic (exact) mass is 164 g/mol. The number of hydrogen-bond donors (Lipinski definition) is 2. The zero-order valence-corrected chi connectivity index (χ0v) is 6.83. The molecule has 1 fully saturated rings. The standard InChI is InChI=1S/C8H12N4/c9-8-11-5-3-7(12-8)6-2-1-4-10-6/h3,5-6,10H,1-2,4H2,(H2,9,11,12). The van der Waals surface area contributed by atoms with E-state index in [2.05, 4.69) is 15.3 Å². The third-order valence-corrected chi connectivity index (χ3v) is 2.11. The molecule has 3 N–H and O–H groups in total. The van der Waals surface area contributed by atoms with Gasteiger partial charge in [0.15, 0.2) is 0 Å². The molecule has 0 spiro atoms. The Balaban J connectivity index is 2.21. The smallest absolute Gasteiger partial charge is 0.220 e. The molecule has 1 aliphatic rings. The second-order valence-electron chi connectivity index (χ2n) is 2.99. The van der Waals surface area contributed by atoms with Crippen molar-refractivity contribution in [3.8, 4) is 0 Å². The Labute approximate surface area is 71.2 Å². The van der Waals surface area contributed by atoms with Crippen LogP contribution >= 0.6 is 0 Å². The fourth-order valence-electron chi connectivity index (χ4n) is 1.52. The van der Waals surface area contributed by atoms with Crippen LogP contribution in [0.2, 0.25) is 0 Å². The van der Waals surface area contributed by atoms with Crippen LogP contribution in [0.1, 0.15) is 24.6 Å². The topological polar surface area (TPSA) is 63.8 Å². The first kappa shape index (κ1) is 7.49. The van der Waals surface area contributed by atoms with E-state index in [1.807, 2.05) is 6.07 Å². The van der Waals surface area contributed by atoms with E-state index in [9.17, 15) is 0 Å². The van der Waals surface area contributed by atoms with E-state index >= 15 is 0 Å². The molecule has 12 heavy (non-hydrogen) atoms. The van der Waals surface area contributed by atoms with Crippen molar-refractivity contribution in [2.75, 3.05) is 12.3 Å². The molecule has 0 amide bonds. The van der Waals surface area contributed by atoms with E-state index in [4.69, 9.17) is 5.73 Å². The molecule has 1 atom stereocenters. The van der Waals surface area contributed by atoms with Gasteiger partial charge in [-0.25, -0.2) is 9.97 Å². The van der Waals surface area contributed by atoms with Gasteiger partial charge in [0.05, 0.1) is 5.69 Å². The third-order valence-electron chi connectivity index (χ3n) is 2.11. The maximum atomic E-state index is 5.48. The molecule has 0 aliphatic carbocycles. The SMILES string of the molecule is Nc1nccc(C2CCCN2)n1. The van der Waals surface area contributed by atoms with Crippen molar-refractivity contribution in [2.45, 2.75) is 18.9 Å². The Hall–Kier alpha value is -1.16. The lowest BCUT2D eigenvalue weighted by molar-refractivity contribution is 0.627. The average molecular weight is 164 g/mol. The van der Waals surface area contributed by atoms with Gasteiger partial charge in [0.1, 0.15) is 0 Å². The minimum atomic E-state index is 0.362. The van der Waals surface area contributed by atoms with Crippen LogP contribution in [0.25, 0.3) is 0 Å². The normalized spacial score (nSPS) is 22.8. The quantitative estimate of drug-likeness (QED) is 0.633. The lowest BCUT2D eigenvalue weighted by Gasteiger charge is -2.08. The highest BCUT2D eigenvalue weighted by atomic mass is 15.0. The second-order valence-corrected chi connectivity index (χ2v) is 2.99. The lowest BCUT2D eigenvalue weighted by atomic mass is 10.1. The van der Waals surface area contributed by atoms with Gasteiger partial charge >= 0.3 is 0 Å². The summed E-state index contributed by atoms with van der Waals surface area (Å²) in [5.74, 6) is 0.362. The highest BCUT2D eigenvalue weighted by Crippen LogP contribution is 2.20. The molecule has 0 bridgehead atoms. The van der Waals surface area contributed by atoms with Crippen molar-refractivity contribution in [2.24, 2.45) is 0 Å². The summed E-state index contributed by atoms with van der Waals surface area (Å²) in [7, 11) is 0. The number of aromatic nitrogens is 2. The fraction of sp³-hybridized carbons (Fsp3) is 0.500. The number of nitrogens with one attached hydrogen (secondary N) is 1. The van der Waals surface area contributed by atoms with E-state index in [0.29, 0.717) is 12.0 Å². The Morgan fingerprint density at radius 3 is 3.17 bits per heavy atom. The summed E-state index contributed by atoms with van der Waals surface area (Å²) in [6.07, 6.45) is 4.07. The van der Waals surface area contributed by atoms with Gasteiger partial charge in [-0.2, -0.15) is 0 Å². The Morgan fingerprint density at radius 2 is 2.50 bits per heavy atom. The van der Waals surface area contributed by atoms with Gasteiger partial charge in [0, 0.05) is 12.2 Å². The lowest BCUT2D eigenvalue weighted by Crippen LogP contribution is -2.15. The third kappa shape index (κ3) is 1.38. The van der Waals surface area contributed by atoms with Crippen LogP contribution in [0.15, 0.2) is 12.3 Å². The highest BCUT2D eigenvalue weighted by Gasteiger charge is 2.17. The van der Waals surface area contributed by atoms with Gasteiger partial charge in [-0.3, -0.25) is 0 Å². The predicted molar refractivity (Wildman–Crippen MR) is 46.4 cm³/mol. The number of nitrogens with zero attached hydrogens (tertiary/aromatic N) is 2. The fourth-order valence-corrected chi connectivity index (χ4v) is 1.52. The molecule has 1 aliphatic heterocycles.